The number of aryl methyl sites for hydroxylation is 1. The van der Waals surface area contributed by atoms with Crippen molar-refractivity contribution >= 4 is 17.8 Å². The van der Waals surface area contributed by atoms with Crippen LogP contribution in [0.2, 0.25) is 0 Å². The van der Waals surface area contributed by atoms with Crippen LogP contribution in [0.25, 0.3) is 0 Å². The van der Waals surface area contributed by atoms with Crippen molar-refractivity contribution in [2.75, 3.05) is 0 Å². The SMILES string of the molecule is Cc1cc(C(=O)NNC(=O)[C@@H]2CCCC[C@H]2C(=O)O)n[nH]1. The number of aromatic nitrogens is 2. The molecule has 0 unspecified atom stereocenters. The Balaban J connectivity index is 1.91. The summed E-state index contributed by atoms with van der Waals surface area (Å²) in [5.41, 5.74) is 5.43. The van der Waals surface area contributed by atoms with Gasteiger partial charge in [-0.05, 0) is 25.8 Å². The highest BCUT2D eigenvalue weighted by Crippen LogP contribution is 2.30. The number of nitrogens with zero attached hydrogens (tertiary/aromatic N) is 1. The number of hydrazine groups is 1. The molecule has 1 aromatic rings. The highest BCUT2D eigenvalue weighted by molar-refractivity contribution is 5.94. The zero-order valence-corrected chi connectivity index (χ0v) is 11.7. The summed E-state index contributed by atoms with van der Waals surface area (Å²) < 4.78 is 0. The molecule has 21 heavy (non-hydrogen) atoms. The number of carbonyl (C=O) groups is 3. The summed E-state index contributed by atoms with van der Waals surface area (Å²) in [6, 6.07) is 1.54. The number of carboxylic acids is 1. The summed E-state index contributed by atoms with van der Waals surface area (Å²) in [6.07, 6.45) is 2.62. The monoisotopic (exact) mass is 294 g/mol. The lowest BCUT2D eigenvalue weighted by Gasteiger charge is -2.27. The fraction of sp³-hybridized carbons (Fsp3) is 0.538. The Morgan fingerprint density at radius 1 is 1.24 bits per heavy atom. The highest BCUT2D eigenvalue weighted by atomic mass is 16.4. The fourth-order valence-corrected chi connectivity index (χ4v) is 2.55. The number of aliphatic carboxylic acids is 1. The van der Waals surface area contributed by atoms with Crippen LogP contribution in [0.3, 0.4) is 0 Å². The van der Waals surface area contributed by atoms with Gasteiger partial charge in [0.15, 0.2) is 5.69 Å². The van der Waals surface area contributed by atoms with E-state index < -0.39 is 29.6 Å². The van der Waals surface area contributed by atoms with E-state index in [9.17, 15) is 14.4 Å². The molecule has 2 atom stereocenters. The van der Waals surface area contributed by atoms with Gasteiger partial charge in [0.05, 0.1) is 11.8 Å². The summed E-state index contributed by atoms with van der Waals surface area (Å²) in [6.45, 7) is 1.75. The van der Waals surface area contributed by atoms with Gasteiger partial charge in [-0.3, -0.25) is 30.3 Å². The van der Waals surface area contributed by atoms with Gasteiger partial charge in [0.25, 0.3) is 5.91 Å². The van der Waals surface area contributed by atoms with Crippen LogP contribution in [0.5, 0.6) is 0 Å². The van der Waals surface area contributed by atoms with Gasteiger partial charge in [-0.2, -0.15) is 5.10 Å². The number of hydrogen-bond donors (Lipinski definition) is 4. The molecule has 0 spiro atoms. The van der Waals surface area contributed by atoms with Gasteiger partial charge in [0, 0.05) is 5.69 Å². The maximum absolute atomic E-state index is 12.0. The van der Waals surface area contributed by atoms with E-state index >= 15 is 0 Å². The van der Waals surface area contributed by atoms with Crippen LogP contribution in [-0.4, -0.2) is 33.1 Å². The average Bonchev–Trinajstić information content (AvgIpc) is 2.91. The van der Waals surface area contributed by atoms with Crippen molar-refractivity contribution in [1.82, 2.24) is 21.0 Å². The number of amides is 2. The molecule has 1 saturated carbocycles. The van der Waals surface area contributed by atoms with Crippen molar-refractivity contribution in [3.8, 4) is 0 Å². The second kappa shape index (κ2) is 6.38. The fourth-order valence-electron chi connectivity index (χ4n) is 2.55. The molecule has 1 aliphatic rings. The largest absolute Gasteiger partial charge is 0.481 e. The second-order valence-corrected chi connectivity index (χ2v) is 5.22. The Kier molecular flexibility index (Phi) is 4.56. The van der Waals surface area contributed by atoms with E-state index in [0.717, 1.165) is 18.5 Å². The van der Waals surface area contributed by atoms with E-state index in [2.05, 4.69) is 21.0 Å². The van der Waals surface area contributed by atoms with Crippen LogP contribution in [0.1, 0.15) is 41.9 Å². The Hall–Kier alpha value is -2.38. The van der Waals surface area contributed by atoms with Gasteiger partial charge in [-0.1, -0.05) is 12.8 Å². The van der Waals surface area contributed by atoms with Crippen LogP contribution in [-0.2, 0) is 9.59 Å². The quantitative estimate of drug-likeness (QED) is 0.599. The van der Waals surface area contributed by atoms with Crippen LogP contribution >= 0.6 is 0 Å². The molecule has 114 valence electrons. The maximum Gasteiger partial charge on any atom is 0.307 e. The topological polar surface area (TPSA) is 124 Å². The lowest BCUT2D eigenvalue weighted by atomic mass is 9.79. The number of rotatable bonds is 3. The molecule has 0 saturated heterocycles. The van der Waals surface area contributed by atoms with Gasteiger partial charge in [0.1, 0.15) is 0 Å². The smallest absolute Gasteiger partial charge is 0.307 e. The van der Waals surface area contributed by atoms with Crippen molar-refractivity contribution in [3.05, 3.63) is 17.5 Å². The first kappa shape index (κ1) is 15.0. The lowest BCUT2D eigenvalue weighted by Crippen LogP contribution is -2.48. The third-order valence-corrected chi connectivity index (χ3v) is 3.66. The minimum Gasteiger partial charge on any atom is -0.481 e. The number of H-pyrrole nitrogens is 1. The number of hydrogen-bond acceptors (Lipinski definition) is 4. The molecule has 0 aromatic carbocycles. The molecule has 1 aliphatic carbocycles. The summed E-state index contributed by atoms with van der Waals surface area (Å²) in [5.74, 6) is -3.29. The summed E-state index contributed by atoms with van der Waals surface area (Å²) in [7, 11) is 0. The Morgan fingerprint density at radius 2 is 1.90 bits per heavy atom. The molecular weight excluding hydrogens is 276 g/mol. The molecule has 0 radical (unpaired) electrons. The van der Waals surface area contributed by atoms with Crippen molar-refractivity contribution in [2.45, 2.75) is 32.6 Å². The molecule has 2 amide bonds. The van der Waals surface area contributed by atoms with E-state index in [0.29, 0.717) is 12.8 Å². The third kappa shape index (κ3) is 3.59. The van der Waals surface area contributed by atoms with Crippen LogP contribution in [0, 0.1) is 18.8 Å². The maximum atomic E-state index is 12.0. The Morgan fingerprint density at radius 3 is 2.48 bits per heavy atom. The molecule has 2 rings (SSSR count). The lowest BCUT2D eigenvalue weighted by molar-refractivity contribution is -0.149. The minimum absolute atomic E-state index is 0.159. The Bertz CT molecular complexity index is 554. The summed E-state index contributed by atoms with van der Waals surface area (Å²) in [4.78, 5) is 34.9. The average molecular weight is 294 g/mol. The van der Waals surface area contributed by atoms with E-state index in [-0.39, 0.29) is 5.69 Å². The summed E-state index contributed by atoms with van der Waals surface area (Å²) in [5, 5.41) is 15.5. The number of nitrogens with one attached hydrogen (secondary N) is 3. The standard InChI is InChI=1S/C13H18N4O4/c1-7-6-10(15-14-7)12(19)17-16-11(18)8-4-2-3-5-9(8)13(20)21/h6,8-9H,2-5H2,1H3,(H,14,15)(H,16,18)(H,17,19)(H,20,21)/t8-,9-/m1/s1. The number of carbonyl (C=O) groups excluding carboxylic acids is 2. The van der Waals surface area contributed by atoms with Crippen molar-refractivity contribution in [2.24, 2.45) is 11.8 Å². The molecule has 1 heterocycles. The predicted octanol–water partition coefficient (Wildman–Crippen LogP) is 0.370. The van der Waals surface area contributed by atoms with Crippen molar-refractivity contribution < 1.29 is 19.5 Å². The molecule has 4 N–H and O–H groups in total. The summed E-state index contributed by atoms with van der Waals surface area (Å²) >= 11 is 0. The molecule has 0 aliphatic heterocycles. The first-order valence-corrected chi connectivity index (χ1v) is 6.84. The Labute approximate surface area is 121 Å². The van der Waals surface area contributed by atoms with Crippen LogP contribution < -0.4 is 10.9 Å². The van der Waals surface area contributed by atoms with Gasteiger partial charge in [-0.15, -0.1) is 0 Å². The normalized spacial score (nSPS) is 21.6. The van der Waals surface area contributed by atoms with E-state index in [1.807, 2.05) is 0 Å². The highest BCUT2D eigenvalue weighted by Gasteiger charge is 2.35. The number of carboxylic acid groups (broad SMARTS) is 1. The molecule has 0 bridgehead atoms. The first-order chi connectivity index (χ1) is 9.99. The van der Waals surface area contributed by atoms with Gasteiger partial charge in [0.2, 0.25) is 5.91 Å². The van der Waals surface area contributed by atoms with Crippen molar-refractivity contribution in [3.63, 3.8) is 0 Å². The van der Waals surface area contributed by atoms with Gasteiger partial charge >= 0.3 is 5.97 Å². The van der Waals surface area contributed by atoms with E-state index in [1.165, 1.54) is 0 Å². The molecule has 8 heteroatoms. The third-order valence-electron chi connectivity index (χ3n) is 3.66. The van der Waals surface area contributed by atoms with Crippen molar-refractivity contribution in [1.29, 1.82) is 0 Å². The van der Waals surface area contributed by atoms with Gasteiger partial charge in [-0.25, -0.2) is 0 Å². The second-order valence-electron chi connectivity index (χ2n) is 5.22. The van der Waals surface area contributed by atoms with Crippen LogP contribution in [0.15, 0.2) is 6.07 Å². The predicted molar refractivity (Wildman–Crippen MR) is 72.0 cm³/mol. The molecular formula is C13H18N4O4. The molecule has 1 aromatic heterocycles. The van der Waals surface area contributed by atoms with Crippen LogP contribution in [0.4, 0.5) is 0 Å². The minimum atomic E-state index is -0.968. The zero-order valence-electron chi connectivity index (χ0n) is 11.7. The zero-order chi connectivity index (χ0) is 15.4. The van der Waals surface area contributed by atoms with E-state index in [4.69, 9.17) is 5.11 Å². The molecule has 1 fully saturated rings. The number of aromatic amines is 1. The van der Waals surface area contributed by atoms with Gasteiger partial charge < -0.3 is 5.11 Å². The van der Waals surface area contributed by atoms with E-state index in [1.54, 1.807) is 13.0 Å². The first-order valence-electron chi connectivity index (χ1n) is 6.84. The molecule has 8 nitrogen and oxygen atoms in total.